The lowest BCUT2D eigenvalue weighted by Gasteiger charge is -2.24. The number of rotatable bonds is 7. The summed E-state index contributed by atoms with van der Waals surface area (Å²) in [5, 5.41) is 3.47. The van der Waals surface area contributed by atoms with Crippen molar-refractivity contribution in [1.82, 2.24) is 10.2 Å². The molecule has 1 saturated heterocycles. The predicted octanol–water partition coefficient (Wildman–Crippen LogP) is 2.65. The summed E-state index contributed by atoms with van der Waals surface area (Å²) in [6.45, 7) is 3.29. The third kappa shape index (κ3) is 3.78. The predicted molar refractivity (Wildman–Crippen MR) is 86.4 cm³/mol. The van der Waals surface area contributed by atoms with E-state index in [0.717, 1.165) is 18.4 Å². The Morgan fingerprint density at radius 3 is 2.62 bits per heavy atom. The van der Waals surface area contributed by atoms with Crippen molar-refractivity contribution < 1.29 is 9.53 Å². The molecule has 0 bridgehead atoms. The van der Waals surface area contributed by atoms with E-state index in [-0.39, 0.29) is 18.1 Å². The minimum absolute atomic E-state index is 0.0416. The number of hydrogen-bond acceptors (Lipinski definition) is 4. The molecule has 0 aliphatic carbocycles. The molecule has 116 valence electrons. The highest BCUT2D eigenvalue weighted by Crippen LogP contribution is 2.28. The van der Waals surface area contributed by atoms with Crippen molar-refractivity contribution in [2.45, 2.75) is 36.9 Å². The summed E-state index contributed by atoms with van der Waals surface area (Å²) in [5.74, 6) is 0.188. The number of carbonyl (C=O) groups excluding carboxylic acids is 1. The SMILES string of the molecule is CCCC1NC(c2ccc(SC)cc2)N(CCOC)C1=O. The summed E-state index contributed by atoms with van der Waals surface area (Å²) in [6.07, 6.45) is 3.90. The van der Waals surface area contributed by atoms with Gasteiger partial charge < -0.3 is 9.64 Å². The van der Waals surface area contributed by atoms with Gasteiger partial charge in [0.05, 0.1) is 12.6 Å². The zero-order valence-electron chi connectivity index (χ0n) is 13.0. The van der Waals surface area contributed by atoms with Gasteiger partial charge in [-0.2, -0.15) is 0 Å². The smallest absolute Gasteiger partial charge is 0.241 e. The zero-order chi connectivity index (χ0) is 15.2. The fraction of sp³-hybridized carbons (Fsp3) is 0.562. The molecule has 2 unspecified atom stereocenters. The first kappa shape index (κ1) is 16.3. The normalized spacial score (nSPS) is 22.0. The third-order valence-corrected chi connectivity index (χ3v) is 4.54. The molecule has 1 aromatic rings. The number of thioether (sulfide) groups is 1. The van der Waals surface area contributed by atoms with E-state index in [4.69, 9.17) is 4.74 Å². The van der Waals surface area contributed by atoms with E-state index in [2.05, 4.69) is 42.8 Å². The summed E-state index contributed by atoms with van der Waals surface area (Å²) < 4.78 is 5.14. The third-order valence-electron chi connectivity index (χ3n) is 3.80. The number of hydrogen-bond donors (Lipinski definition) is 1. The summed E-state index contributed by atoms with van der Waals surface area (Å²) >= 11 is 1.72. The van der Waals surface area contributed by atoms with Gasteiger partial charge in [0.15, 0.2) is 0 Å². The number of nitrogens with one attached hydrogen (secondary N) is 1. The average molecular weight is 308 g/mol. The van der Waals surface area contributed by atoms with Crippen molar-refractivity contribution in [1.29, 1.82) is 0 Å². The van der Waals surface area contributed by atoms with Crippen LogP contribution in [-0.4, -0.2) is 43.4 Å². The fourth-order valence-corrected chi connectivity index (χ4v) is 3.07. The summed E-state index contributed by atoms with van der Waals surface area (Å²) in [7, 11) is 1.67. The van der Waals surface area contributed by atoms with Gasteiger partial charge in [-0.3, -0.25) is 10.1 Å². The molecule has 21 heavy (non-hydrogen) atoms. The Balaban J connectivity index is 2.18. The molecule has 4 nitrogen and oxygen atoms in total. The van der Waals surface area contributed by atoms with Gasteiger partial charge >= 0.3 is 0 Å². The molecule has 0 aromatic heterocycles. The van der Waals surface area contributed by atoms with Crippen molar-refractivity contribution in [2.24, 2.45) is 0 Å². The maximum Gasteiger partial charge on any atom is 0.241 e. The molecule has 2 rings (SSSR count). The standard InChI is InChI=1S/C16H24N2O2S/c1-4-5-14-16(19)18(10-11-20-2)15(17-14)12-6-8-13(21-3)9-7-12/h6-9,14-15,17H,4-5,10-11H2,1-3H3. The highest BCUT2D eigenvalue weighted by molar-refractivity contribution is 7.98. The van der Waals surface area contributed by atoms with Crippen LogP contribution in [-0.2, 0) is 9.53 Å². The van der Waals surface area contributed by atoms with Crippen LogP contribution in [0.1, 0.15) is 31.5 Å². The van der Waals surface area contributed by atoms with Crippen LogP contribution < -0.4 is 5.32 Å². The molecule has 1 aromatic carbocycles. The quantitative estimate of drug-likeness (QED) is 0.786. The van der Waals surface area contributed by atoms with Gasteiger partial charge in [0.1, 0.15) is 6.17 Å². The molecule has 1 N–H and O–H groups in total. The molecule has 1 amide bonds. The number of methoxy groups -OCH3 is 1. The number of nitrogens with zero attached hydrogens (tertiary/aromatic N) is 1. The van der Waals surface area contributed by atoms with Crippen molar-refractivity contribution in [2.75, 3.05) is 26.5 Å². The lowest BCUT2D eigenvalue weighted by Crippen LogP contribution is -2.33. The van der Waals surface area contributed by atoms with Gasteiger partial charge in [-0.25, -0.2) is 0 Å². The monoisotopic (exact) mass is 308 g/mol. The van der Waals surface area contributed by atoms with Crippen LogP contribution in [0.4, 0.5) is 0 Å². The zero-order valence-corrected chi connectivity index (χ0v) is 13.8. The second-order valence-corrected chi connectivity index (χ2v) is 6.09. The molecule has 0 spiro atoms. The Labute approximate surface area is 131 Å². The highest BCUT2D eigenvalue weighted by atomic mass is 32.2. The number of amides is 1. The lowest BCUT2D eigenvalue weighted by atomic mass is 10.1. The maximum absolute atomic E-state index is 12.5. The molecule has 1 fully saturated rings. The van der Waals surface area contributed by atoms with Gasteiger partial charge in [0.2, 0.25) is 5.91 Å². The molecule has 1 aliphatic heterocycles. The molecular formula is C16H24N2O2S. The van der Waals surface area contributed by atoms with Crippen molar-refractivity contribution >= 4 is 17.7 Å². The molecule has 1 heterocycles. The second-order valence-electron chi connectivity index (χ2n) is 5.21. The van der Waals surface area contributed by atoms with Crippen LogP contribution in [0, 0.1) is 0 Å². The molecular weight excluding hydrogens is 284 g/mol. The molecule has 5 heteroatoms. The first-order valence-corrected chi connectivity index (χ1v) is 8.63. The van der Waals surface area contributed by atoms with Crippen molar-refractivity contribution in [3.8, 4) is 0 Å². The van der Waals surface area contributed by atoms with Crippen LogP contribution in [0.2, 0.25) is 0 Å². The van der Waals surface area contributed by atoms with Crippen LogP contribution >= 0.6 is 11.8 Å². The van der Waals surface area contributed by atoms with Gasteiger partial charge in [-0.05, 0) is 30.4 Å². The van der Waals surface area contributed by atoms with Crippen molar-refractivity contribution in [3.05, 3.63) is 29.8 Å². The van der Waals surface area contributed by atoms with E-state index >= 15 is 0 Å². The van der Waals surface area contributed by atoms with E-state index in [1.807, 2.05) is 4.90 Å². The van der Waals surface area contributed by atoms with E-state index in [0.29, 0.717) is 13.2 Å². The Bertz CT molecular complexity index is 464. The van der Waals surface area contributed by atoms with Crippen LogP contribution in [0.15, 0.2) is 29.2 Å². The molecule has 0 saturated carbocycles. The maximum atomic E-state index is 12.5. The van der Waals surface area contributed by atoms with Crippen LogP contribution in [0.25, 0.3) is 0 Å². The first-order valence-electron chi connectivity index (χ1n) is 7.40. The number of benzene rings is 1. The van der Waals surface area contributed by atoms with Crippen LogP contribution in [0.5, 0.6) is 0 Å². The summed E-state index contributed by atoms with van der Waals surface area (Å²) in [5.41, 5.74) is 1.14. The van der Waals surface area contributed by atoms with Gasteiger partial charge in [0, 0.05) is 18.6 Å². The van der Waals surface area contributed by atoms with E-state index in [9.17, 15) is 4.79 Å². The largest absolute Gasteiger partial charge is 0.383 e. The minimum Gasteiger partial charge on any atom is -0.383 e. The van der Waals surface area contributed by atoms with E-state index in [1.165, 1.54) is 4.90 Å². The average Bonchev–Trinajstić information content (AvgIpc) is 2.82. The van der Waals surface area contributed by atoms with Gasteiger partial charge in [-0.15, -0.1) is 11.8 Å². The molecule has 1 aliphatic rings. The van der Waals surface area contributed by atoms with Crippen LogP contribution in [0.3, 0.4) is 0 Å². The Hall–Kier alpha value is -1.04. The molecule has 2 atom stereocenters. The lowest BCUT2D eigenvalue weighted by molar-refractivity contribution is -0.130. The first-order chi connectivity index (χ1) is 10.2. The second kappa shape index (κ2) is 7.82. The van der Waals surface area contributed by atoms with Crippen molar-refractivity contribution in [3.63, 3.8) is 0 Å². The number of ether oxygens (including phenoxy) is 1. The van der Waals surface area contributed by atoms with Gasteiger partial charge in [-0.1, -0.05) is 25.5 Å². The number of carbonyl (C=O) groups is 1. The minimum atomic E-state index is -0.0721. The Morgan fingerprint density at radius 2 is 2.05 bits per heavy atom. The highest BCUT2D eigenvalue weighted by Gasteiger charge is 2.38. The summed E-state index contributed by atoms with van der Waals surface area (Å²) in [4.78, 5) is 15.6. The van der Waals surface area contributed by atoms with E-state index < -0.39 is 0 Å². The Morgan fingerprint density at radius 1 is 1.33 bits per heavy atom. The van der Waals surface area contributed by atoms with Gasteiger partial charge in [0.25, 0.3) is 0 Å². The van der Waals surface area contributed by atoms with E-state index in [1.54, 1.807) is 18.9 Å². The Kier molecular flexibility index (Phi) is 6.08. The molecule has 0 radical (unpaired) electrons. The summed E-state index contributed by atoms with van der Waals surface area (Å²) in [6, 6.07) is 8.34. The fourth-order valence-electron chi connectivity index (χ4n) is 2.67. The topological polar surface area (TPSA) is 41.6 Å².